The first-order valence-corrected chi connectivity index (χ1v) is 10.5. The number of hydrogen-bond acceptors (Lipinski definition) is 4. The molecule has 4 aromatic rings. The highest BCUT2D eigenvalue weighted by atomic mass is 16.5. The highest BCUT2D eigenvalue weighted by Crippen LogP contribution is 2.37. The van der Waals surface area contributed by atoms with Crippen molar-refractivity contribution in [2.24, 2.45) is 7.05 Å². The molecule has 4 rings (SSSR count). The zero-order valence-corrected chi connectivity index (χ0v) is 19.1. The molecule has 0 saturated carbocycles. The molecule has 5 heteroatoms. The topological polar surface area (TPSA) is 40.8 Å². The lowest BCUT2D eigenvalue weighted by atomic mass is 10.0. The predicted octanol–water partition coefficient (Wildman–Crippen LogP) is 5.38. The molecule has 3 aromatic carbocycles. The van der Waals surface area contributed by atoms with Gasteiger partial charge in [-0.05, 0) is 54.3 Å². The molecule has 164 valence electrons. The smallest absolute Gasteiger partial charge is 0.193 e. The summed E-state index contributed by atoms with van der Waals surface area (Å²) in [4.78, 5) is 0. The lowest BCUT2D eigenvalue weighted by Gasteiger charge is -2.14. The number of rotatable bonds is 7. The van der Waals surface area contributed by atoms with Crippen LogP contribution in [0.1, 0.15) is 16.8 Å². The van der Waals surface area contributed by atoms with Crippen LogP contribution in [0.15, 0.2) is 66.9 Å². The summed E-state index contributed by atoms with van der Waals surface area (Å²) in [5.41, 5.74) is 3.47. The minimum Gasteiger partial charge on any atom is -0.493 e. The number of methoxy groups -OCH3 is 3. The molecule has 1 aromatic heterocycles. The first-order valence-electron chi connectivity index (χ1n) is 10.5. The van der Waals surface area contributed by atoms with Crippen LogP contribution in [-0.4, -0.2) is 21.3 Å². The van der Waals surface area contributed by atoms with Gasteiger partial charge in [-0.2, -0.15) is 0 Å². The molecule has 5 nitrogen and oxygen atoms in total. The van der Waals surface area contributed by atoms with Gasteiger partial charge in [0.15, 0.2) is 34.9 Å². The van der Waals surface area contributed by atoms with Gasteiger partial charge in [-0.25, -0.2) is 4.57 Å². The average Bonchev–Trinajstić information content (AvgIpc) is 2.82. The van der Waals surface area contributed by atoms with Crippen LogP contribution in [0.4, 0.5) is 0 Å². The molecule has 0 atom stereocenters. The first-order chi connectivity index (χ1) is 15.5. The SMILES string of the molecule is COc1ccc(Cc2c3cc(Oc4ccc(C)cc4)c(OC)cc3cc[n+]2C)cc1OC. The lowest BCUT2D eigenvalue weighted by molar-refractivity contribution is -0.677. The van der Waals surface area contributed by atoms with E-state index in [1.165, 1.54) is 5.56 Å². The summed E-state index contributed by atoms with van der Waals surface area (Å²) in [6.07, 6.45) is 2.79. The van der Waals surface area contributed by atoms with Crippen molar-refractivity contribution in [2.45, 2.75) is 13.3 Å². The normalized spacial score (nSPS) is 10.8. The molecule has 0 fully saturated rings. The summed E-state index contributed by atoms with van der Waals surface area (Å²) in [7, 11) is 7.02. The molecule has 0 aliphatic heterocycles. The summed E-state index contributed by atoms with van der Waals surface area (Å²) < 4.78 is 24.8. The van der Waals surface area contributed by atoms with Gasteiger partial charge in [0.2, 0.25) is 0 Å². The van der Waals surface area contributed by atoms with E-state index in [-0.39, 0.29) is 0 Å². The van der Waals surface area contributed by atoms with E-state index in [0.29, 0.717) is 11.5 Å². The van der Waals surface area contributed by atoms with Gasteiger partial charge < -0.3 is 18.9 Å². The maximum Gasteiger partial charge on any atom is 0.193 e. The maximum absolute atomic E-state index is 6.20. The largest absolute Gasteiger partial charge is 0.493 e. The number of benzene rings is 3. The molecule has 0 saturated heterocycles. The van der Waals surface area contributed by atoms with Gasteiger partial charge in [0.05, 0.1) is 33.1 Å². The fourth-order valence-corrected chi connectivity index (χ4v) is 3.81. The van der Waals surface area contributed by atoms with Crippen molar-refractivity contribution in [3.63, 3.8) is 0 Å². The van der Waals surface area contributed by atoms with Gasteiger partial charge in [0, 0.05) is 6.07 Å². The fourth-order valence-electron chi connectivity index (χ4n) is 3.81. The first kappa shape index (κ1) is 21.5. The zero-order valence-electron chi connectivity index (χ0n) is 19.1. The monoisotopic (exact) mass is 430 g/mol. The highest BCUT2D eigenvalue weighted by molar-refractivity contribution is 5.87. The van der Waals surface area contributed by atoms with Crippen LogP contribution in [0.5, 0.6) is 28.7 Å². The Balaban J connectivity index is 1.78. The number of fused-ring (bicyclic) bond motifs is 1. The van der Waals surface area contributed by atoms with Gasteiger partial charge >= 0.3 is 0 Å². The molecule has 0 bridgehead atoms. The molecule has 0 amide bonds. The van der Waals surface area contributed by atoms with Crippen molar-refractivity contribution in [3.8, 4) is 28.7 Å². The highest BCUT2D eigenvalue weighted by Gasteiger charge is 2.18. The van der Waals surface area contributed by atoms with E-state index in [2.05, 4.69) is 42.9 Å². The van der Waals surface area contributed by atoms with E-state index in [9.17, 15) is 0 Å². The van der Waals surface area contributed by atoms with Crippen LogP contribution in [-0.2, 0) is 13.5 Å². The Morgan fingerprint density at radius 3 is 2.09 bits per heavy atom. The Morgan fingerprint density at radius 2 is 1.41 bits per heavy atom. The van der Waals surface area contributed by atoms with Crippen molar-refractivity contribution in [1.29, 1.82) is 0 Å². The van der Waals surface area contributed by atoms with E-state index >= 15 is 0 Å². The van der Waals surface area contributed by atoms with Crippen molar-refractivity contribution in [3.05, 3.63) is 83.7 Å². The number of pyridine rings is 1. The molecule has 0 aliphatic carbocycles. The number of nitrogens with zero attached hydrogens (tertiary/aromatic N) is 1. The van der Waals surface area contributed by atoms with Crippen molar-refractivity contribution in [1.82, 2.24) is 0 Å². The quantitative estimate of drug-likeness (QED) is 0.369. The predicted molar refractivity (Wildman–Crippen MR) is 125 cm³/mol. The summed E-state index contributed by atoms with van der Waals surface area (Å²) >= 11 is 0. The third-order valence-electron chi connectivity index (χ3n) is 5.62. The minimum atomic E-state index is 0.684. The van der Waals surface area contributed by atoms with Gasteiger partial charge in [-0.15, -0.1) is 0 Å². The van der Waals surface area contributed by atoms with Crippen LogP contribution in [0, 0.1) is 6.92 Å². The van der Waals surface area contributed by atoms with E-state index in [1.807, 2.05) is 42.5 Å². The van der Waals surface area contributed by atoms with Crippen LogP contribution in [0.25, 0.3) is 10.8 Å². The Morgan fingerprint density at radius 1 is 0.719 bits per heavy atom. The zero-order chi connectivity index (χ0) is 22.7. The van der Waals surface area contributed by atoms with Crippen LogP contribution in [0.2, 0.25) is 0 Å². The molecular weight excluding hydrogens is 402 g/mol. The Labute approximate surface area is 188 Å². The third-order valence-corrected chi connectivity index (χ3v) is 5.62. The van der Waals surface area contributed by atoms with E-state index in [1.54, 1.807) is 21.3 Å². The summed E-state index contributed by atoms with van der Waals surface area (Å²) in [6, 6.07) is 20.2. The van der Waals surface area contributed by atoms with E-state index in [4.69, 9.17) is 18.9 Å². The third kappa shape index (κ3) is 4.33. The summed E-state index contributed by atoms with van der Waals surface area (Å²) in [5, 5.41) is 2.19. The second-order valence-electron chi connectivity index (χ2n) is 7.74. The number of aromatic nitrogens is 1. The van der Waals surface area contributed by atoms with Crippen LogP contribution >= 0.6 is 0 Å². The molecule has 0 unspecified atom stereocenters. The molecule has 32 heavy (non-hydrogen) atoms. The Kier molecular flexibility index (Phi) is 6.17. The van der Waals surface area contributed by atoms with Gasteiger partial charge in [-0.1, -0.05) is 23.8 Å². The maximum atomic E-state index is 6.20. The van der Waals surface area contributed by atoms with Crippen molar-refractivity contribution in [2.75, 3.05) is 21.3 Å². The van der Waals surface area contributed by atoms with Crippen molar-refractivity contribution >= 4 is 10.8 Å². The second-order valence-corrected chi connectivity index (χ2v) is 7.74. The average molecular weight is 431 g/mol. The molecule has 0 aliphatic rings. The molecule has 0 N–H and O–H groups in total. The van der Waals surface area contributed by atoms with Crippen LogP contribution < -0.4 is 23.5 Å². The molecule has 0 radical (unpaired) electrons. The Bertz CT molecular complexity index is 1250. The second kappa shape index (κ2) is 9.18. The van der Waals surface area contributed by atoms with Gasteiger partial charge in [0.1, 0.15) is 12.8 Å². The van der Waals surface area contributed by atoms with Crippen molar-refractivity contribution < 1.29 is 23.5 Å². The molecule has 0 spiro atoms. The van der Waals surface area contributed by atoms with E-state index < -0.39 is 0 Å². The fraction of sp³-hybridized carbons (Fsp3) is 0.222. The lowest BCUT2D eigenvalue weighted by Crippen LogP contribution is -2.33. The summed E-state index contributed by atoms with van der Waals surface area (Å²) in [6.45, 7) is 2.06. The minimum absolute atomic E-state index is 0.684. The number of hydrogen-bond donors (Lipinski definition) is 0. The van der Waals surface area contributed by atoms with E-state index in [0.717, 1.165) is 45.7 Å². The number of ether oxygens (including phenoxy) is 4. The summed E-state index contributed by atoms with van der Waals surface area (Å²) in [5.74, 6) is 3.60. The standard InChI is InChI=1S/C27H28NO4/c1-18-6-9-21(10-7-18)32-27-17-22-20(16-26(27)31-5)12-13-28(2)23(22)14-19-8-11-24(29-3)25(15-19)30-4/h6-13,15-17H,14H2,1-5H3/q+1. The Hall–Kier alpha value is -3.73. The molecule has 1 heterocycles. The van der Waals surface area contributed by atoms with Crippen LogP contribution in [0.3, 0.4) is 0 Å². The number of aryl methyl sites for hydroxylation is 2. The van der Waals surface area contributed by atoms with Gasteiger partial charge in [0.25, 0.3) is 0 Å². The van der Waals surface area contributed by atoms with Gasteiger partial charge in [-0.3, -0.25) is 0 Å². The molecular formula is C27H28NO4+.